The van der Waals surface area contributed by atoms with Crippen LogP contribution in [0.3, 0.4) is 0 Å². The van der Waals surface area contributed by atoms with Gasteiger partial charge >= 0.3 is 0 Å². The Morgan fingerprint density at radius 1 is 1.33 bits per heavy atom. The average Bonchev–Trinajstić information content (AvgIpc) is 2.94. The van der Waals surface area contributed by atoms with E-state index in [1.807, 2.05) is 31.2 Å². The number of fused-ring (bicyclic) bond motifs is 1. The van der Waals surface area contributed by atoms with Gasteiger partial charge in [-0.15, -0.1) is 0 Å². The largest absolute Gasteiger partial charge is 0.508 e. The molecule has 0 bridgehead atoms. The number of hydrogen-bond acceptors (Lipinski definition) is 4. The lowest BCUT2D eigenvalue weighted by Gasteiger charge is -2.13. The van der Waals surface area contributed by atoms with Crippen LogP contribution in [0.4, 0.5) is 5.82 Å². The predicted molar refractivity (Wildman–Crippen MR) is 94.2 cm³/mol. The second-order valence-electron chi connectivity index (χ2n) is 5.57. The number of aromatic nitrogens is 2. The van der Waals surface area contributed by atoms with Crippen LogP contribution in [0, 0.1) is 0 Å². The number of nitrogen functional groups attached to an aromatic ring is 1. The topological polar surface area (TPSA) is 104 Å². The molecule has 24 heavy (non-hydrogen) atoms. The minimum absolute atomic E-state index is 0.176. The number of benzene rings is 2. The molecule has 0 unspecified atom stereocenters. The first-order valence-corrected chi connectivity index (χ1v) is 7.54. The van der Waals surface area contributed by atoms with Crippen LogP contribution >= 0.6 is 0 Å². The van der Waals surface area contributed by atoms with E-state index in [0.29, 0.717) is 5.82 Å². The molecule has 1 amide bonds. The molecule has 1 heterocycles. The van der Waals surface area contributed by atoms with Crippen molar-refractivity contribution in [1.29, 1.82) is 0 Å². The van der Waals surface area contributed by atoms with Crippen LogP contribution in [-0.2, 0) is 4.79 Å². The van der Waals surface area contributed by atoms with Gasteiger partial charge in [-0.25, -0.2) is 0 Å². The van der Waals surface area contributed by atoms with E-state index in [-0.39, 0.29) is 17.7 Å². The minimum Gasteiger partial charge on any atom is -0.508 e. The van der Waals surface area contributed by atoms with Crippen LogP contribution in [0.15, 0.2) is 48.5 Å². The number of nitrogens with two attached hydrogens (primary N) is 1. The standard InChI is InChI=1S/C18H18N4O2/c1-11(13-3-2-4-14(23)10-13)20-17(24)8-6-12-5-7-16-15(9-12)18(19)22-21-16/h2-11,23H,1H3,(H,20,24)(H3,19,21,22)/b8-6+/t11-/m1/s1. The molecule has 3 rings (SSSR count). The fraction of sp³-hybridized carbons (Fsp3) is 0.111. The van der Waals surface area contributed by atoms with E-state index in [2.05, 4.69) is 15.5 Å². The van der Waals surface area contributed by atoms with Gasteiger partial charge in [0.1, 0.15) is 5.75 Å². The van der Waals surface area contributed by atoms with Crippen molar-refractivity contribution in [2.75, 3.05) is 5.73 Å². The molecule has 1 atom stereocenters. The maximum absolute atomic E-state index is 12.1. The van der Waals surface area contributed by atoms with Crippen LogP contribution < -0.4 is 11.1 Å². The second-order valence-corrected chi connectivity index (χ2v) is 5.57. The van der Waals surface area contributed by atoms with Crippen molar-refractivity contribution in [3.05, 3.63) is 59.7 Å². The molecule has 0 aliphatic rings. The summed E-state index contributed by atoms with van der Waals surface area (Å²) in [4.78, 5) is 12.1. The highest BCUT2D eigenvalue weighted by Crippen LogP contribution is 2.20. The fourth-order valence-electron chi connectivity index (χ4n) is 2.47. The van der Waals surface area contributed by atoms with Gasteiger partial charge < -0.3 is 16.2 Å². The maximum atomic E-state index is 12.1. The molecule has 0 spiro atoms. The number of phenols is 1. The van der Waals surface area contributed by atoms with Crippen molar-refractivity contribution in [3.63, 3.8) is 0 Å². The van der Waals surface area contributed by atoms with E-state index in [0.717, 1.165) is 22.0 Å². The summed E-state index contributed by atoms with van der Waals surface area (Å²) in [7, 11) is 0. The van der Waals surface area contributed by atoms with Gasteiger partial charge in [-0.2, -0.15) is 5.10 Å². The first-order chi connectivity index (χ1) is 11.5. The first-order valence-electron chi connectivity index (χ1n) is 7.54. The summed E-state index contributed by atoms with van der Waals surface area (Å²) in [5.74, 6) is 0.392. The smallest absolute Gasteiger partial charge is 0.244 e. The van der Waals surface area contributed by atoms with Crippen LogP contribution in [0.5, 0.6) is 5.75 Å². The zero-order chi connectivity index (χ0) is 17.1. The summed E-state index contributed by atoms with van der Waals surface area (Å²) >= 11 is 0. The maximum Gasteiger partial charge on any atom is 0.244 e. The number of carbonyl (C=O) groups excluding carboxylic acids is 1. The van der Waals surface area contributed by atoms with Crippen molar-refractivity contribution in [3.8, 4) is 5.75 Å². The molecule has 0 aliphatic carbocycles. The van der Waals surface area contributed by atoms with Crippen LogP contribution in [0.2, 0.25) is 0 Å². The highest BCUT2D eigenvalue weighted by molar-refractivity contribution is 5.94. The summed E-state index contributed by atoms with van der Waals surface area (Å²) in [6, 6.07) is 12.2. The van der Waals surface area contributed by atoms with E-state index in [1.165, 1.54) is 6.08 Å². The highest BCUT2D eigenvalue weighted by Gasteiger charge is 2.08. The van der Waals surface area contributed by atoms with Gasteiger partial charge in [0, 0.05) is 11.5 Å². The van der Waals surface area contributed by atoms with E-state index in [4.69, 9.17) is 5.73 Å². The molecule has 0 aliphatic heterocycles. The van der Waals surface area contributed by atoms with Gasteiger partial charge in [-0.1, -0.05) is 18.2 Å². The Morgan fingerprint density at radius 2 is 2.17 bits per heavy atom. The van der Waals surface area contributed by atoms with Gasteiger partial charge in [0.25, 0.3) is 0 Å². The number of amides is 1. The fourth-order valence-corrected chi connectivity index (χ4v) is 2.47. The normalized spacial score (nSPS) is 12.5. The van der Waals surface area contributed by atoms with Gasteiger partial charge in [0.15, 0.2) is 5.82 Å². The zero-order valence-corrected chi connectivity index (χ0v) is 13.2. The van der Waals surface area contributed by atoms with Crippen LogP contribution in [0.25, 0.3) is 17.0 Å². The minimum atomic E-state index is -0.217. The van der Waals surface area contributed by atoms with E-state index in [9.17, 15) is 9.90 Å². The Hall–Kier alpha value is -3.28. The molecule has 0 saturated heterocycles. The van der Waals surface area contributed by atoms with Gasteiger partial charge in [-0.3, -0.25) is 9.89 Å². The molecule has 3 aromatic rings. The monoisotopic (exact) mass is 322 g/mol. The third kappa shape index (κ3) is 3.38. The second kappa shape index (κ2) is 6.45. The summed E-state index contributed by atoms with van der Waals surface area (Å²) in [6.45, 7) is 1.86. The molecule has 2 aromatic carbocycles. The molecule has 5 N–H and O–H groups in total. The van der Waals surface area contributed by atoms with E-state index < -0.39 is 0 Å². The van der Waals surface area contributed by atoms with E-state index in [1.54, 1.807) is 24.3 Å². The number of H-pyrrole nitrogens is 1. The molecule has 6 heteroatoms. The number of nitrogens with zero attached hydrogens (tertiary/aromatic N) is 1. The van der Waals surface area contributed by atoms with Gasteiger partial charge in [0.2, 0.25) is 5.91 Å². The summed E-state index contributed by atoms with van der Waals surface area (Å²) in [6.07, 6.45) is 3.19. The number of phenolic OH excluding ortho intramolecular Hbond substituents is 1. The molecular weight excluding hydrogens is 304 g/mol. The third-order valence-electron chi connectivity index (χ3n) is 3.77. The Morgan fingerprint density at radius 3 is 2.96 bits per heavy atom. The molecule has 122 valence electrons. The number of hydrogen-bond donors (Lipinski definition) is 4. The molecule has 0 radical (unpaired) electrons. The van der Waals surface area contributed by atoms with Crippen molar-refractivity contribution >= 4 is 28.7 Å². The van der Waals surface area contributed by atoms with Crippen molar-refractivity contribution in [2.45, 2.75) is 13.0 Å². The molecular formula is C18H18N4O2. The zero-order valence-electron chi connectivity index (χ0n) is 13.2. The number of carbonyl (C=O) groups is 1. The van der Waals surface area contributed by atoms with Crippen LogP contribution in [-0.4, -0.2) is 21.2 Å². The molecule has 1 aromatic heterocycles. The van der Waals surface area contributed by atoms with Crippen molar-refractivity contribution < 1.29 is 9.90 Å². The Bertz CT molecular complexity index is 914. The summed E-state index contributed by atoms with van der Waals surface area (Å²) in [5, 5.41) is 19.9. The SMILES string of the molecule is C[C@@H](NC(=O)/C=C/c1ccc2[nH]nc(N)c2c1)c1cccc(O)c1. The number of anilines is 1. The number of aromatic amines is 1. The average molecular weight is 322 g/mol. The quantitative estimate of drug-likeness (QED) is 0.554. The molecule has 0 fully saturated rings. The lowest BCUT2D eigenvalue weighted by Crippen LogP contribution is -2.24. The first kappa shape index (κ1) is 15.6. The van der Waals surface area contributed by atoms with Gasteiger partial charge in [0.05, 0.1) is 11.6 Å². The van der Waals surface area contributed by atoms with Gasteiger partial charge in [-0.05, 0) is 48.4 Å². The summed E-state index contributed by atoms with van der Waals surface area (Å²) in [5.41, 5.74) is 8.33. The Balaban J connectivity index is 1.68. The molecule has 6 nitrogen and oxygen atoms in total. The third-order valence-corrected chi connectivity index (χ3v) is 3.77. The summed E-state index contributed by atoms with van der Waals surface area (Å²) < 4.78 is 0. The van der Waals surface area contributed by atoms with Crippen molar-refractivity contribution in [2.24, 2.45) is 0 Å². The lowest BCUT2D eigenvalue weighted by atomic mass is 10.1. The Kier molecular flexibility index (Phi) is 4.20. The van der Waals surface area contributed by atoms with Crippen molar-refractivity contribution in [1.82, 2.24) is 15.5 Å². The number of nitrogens with one attached hydrogen (secondary N) is 2. The number of aromatic hydroxyl groups is 1. The highest BCUT2D eigenvalue weighted by atomic mass is 16.3. The lowest BCUT2D eigenvalue weighted by molar-refractivity contribution is -0.117. The van der Waals surface area contributed by atoms with E-state index >= 15 is 0 Å². The predicted octanol–water partition coefficient (Wildman–Crippen LogP) is 2.74. The number of rotatable bonds is 4. The Labute approximate surface area is 139 Å². The van der Waals surface area contributed by atoms with Crippen LogP contribution in [0.1, 0.15) is 24.1 Å². The molecule has 0 saturated carbocycles.